The maximum atomic E-state index is 13.3. The monoisotopic (exact) mass is 428 g/mol. The second-order valence-corrected chi connectivity index (χ2v) is 7.09. The zero-order valence-corrected chi connectivity index (χ0v) is 16.2. The van der Waals surface area contributed by atoms with Gasteiger partial charge in [-0.2, -0.15) is 13.2 Å². The number of benzene rings is 1. The molecular formula is C19H23F3N4O4. The number of ether oxygens (including phenoxy) is 1. The summed E-state index contributed by atoms with van der Waals surface area (Å²) in [5.74, 6) is -0.817. The predicted molar refractivity (Wildman–Crippen MR) is 99.2 cm³/mol. The third kappa shape index (κ3) is 5.41. The highest BCUT2D eigenvalue weighted by Crippen LogP contribution is 2.32. The van der Waals surface area contributed by atoms with Gasteiger partial charge in [-0.3, -0.25) is 14.5 Å². The summed E-state index contributed by atoms with van der Waals surface area (Å²) >= 11 is 0. The molecule has 2 fully saturated rings. The normalized spacial score (nSPS) is 20.1. The van der Waals surface area contributed by atoms with Gasteiger partial charge < -0.3 is 20.3 Å². The number of cyclic esters (lactones) is 1. The second kappa shape index (κ2) is 9.33. The Morgan fingerprint density at radius 1 is 1.23 bits per heavy atom. The van der Waals surface area contributed by atoms with E-state index in [2.05, 4.69) is 10.6 Å². The van der Waals surface area contributed by atoms with E-state index >= 15 is 0 Å². The number of nitrogens with zero attached hydrogens (tertiary/aromatic N) is 2. The Labute approximate surface area is 171 Å². The first-order valence-electron chi connectivity index (χ1n) is 9.61. The first kappa shape index (κ1) is 21.9. The van der Waals surface area contributed by atoms with Gasteiger partial charge in [-0.25, -0.2) is 4.79 Å². The molecule has 1 unspecified atom stereocenters. The van der Waals surface area contributed by atoms with Gasteiger partial charge in [0.1, 0.15) is 6.61 Å². The van der Waals surface area contributed by atoms with E-state index in [0.717, 1.165) is 6.07 Å². The van der Waals surface area contributed by atoms with Crippen molar-refractivity contribution in [1.29, 1.82) is 0 Å². The molecule has 0 radical (unpaired) electrons. The van der Waals surface area contributed by atoms with E-state index in [4.69, 9.17) is 4.74 Å². The van der Waals surface area contributed by atoms with E-state index in [1.807, 2.05) is 0 Å². The predicted octanol–water partition coefficient (Wildman–Crippen LogP) is 0.964. The van der Waals surface area contributed by atoms with Gasteiger partial charge >= 0.3 is 12.3 Å². The number of piperazine rings is 1. The Bertz CT molecular complexity index is 802. The minimum absolute atomic E-state index is 0.0534. The highest BCUT2D eigenvalue weighted by Gasteiger charge is 2.36. The van der Waals surface area contributed by atoms with Crippen molar-refractivity contribution in [3.8, 4) is 0 Å². The van der Waals surface area contributed by atoms with E-state index in [1.54, 1.807) is 4.90 Å². The minimum Gasteiger partial charge on any atom is -0.448 e. The largest absolute Gasteiger partial charge is 0.448 e. The van der Waals surface area contributed by atoms with Crippen LogP contribution < -0.4 is 10.6 Å². The zero-order chi connectivity index (χ0) is 21.7. The first-order valence-corrected chi connectivity index (χ1v) is 9.61. The molecule has 2 aliphatic rings. The third-order valence-electron chi connectivity index (χ3n) is 5.07. The first-order chi connectivity index (χ1) is 14.3. The molecule has 0 bridgehead atoms. The number of carbonyl (C=O) groups is 3. The average Bonchev–Trinajstić information content (AvgIpc) is 3.09. The maximum absolute atomic E-state index is 13.3. The second-order valence-electron chi connectivity index (χ2n) is 7.09. The van der Waals surface area contributed by atoms with Crippen LogP contribution in [-0.2, 0) is 27.0 Å². The Balaban J connectivity index is 1.60. The van der Waals surface area contributed by atoms with Crippen LogP contribution in [0.1, 0.15) is 17.5 Å². The SMILES string of the molecule is O=C(CC1C(=O)NCCN1Cc1ccccc1C(F)(F)F)NCCN1CCOC1=O. The van der Waals surface area contributed by atoms with Gasteiger partial charge in [0.05, 0.1) is 24.6 Å². The molecule has 30 heavy (non-hydrogen) atoms. The highest BCUT2D eigenvalue weighted by atomic mass is 19.4. The Morgan fingerprint density at radius 2 is 2.00 bits per heavy atom. The van der Waals surface area contributed by atoms with E-state index in [0.29, 0.717) is 26.2 Å². The van der Waals surface area contributed by atoms with Gasteiger partial charge in [0.15, 0.2) is 0 Å². The fraction of sp³-hybridized carbons (Fsp3) is 0.526. The smallest absolute Gasteiger partial charge is 0.416 e. The molecule has 2 N–H and O–H groups in total. The molecule has 2 heterocycles. The number of nitrogens with one attached hydrogen (secondary N) is 2. The molecule has 1 aromatic rings. The van der Waals surface area contributed by atoms with Crippen molar-refractivity contribution in [3.63, 3.8) is 0 Å². The number of hydrogen-bond donors (Lipinski definition) is 2. The molecular weight excluding hydrogens is 405 g/mol. The lowest BCUT2D eigenvalue weighted by Gasteiger charge is -2.35. The summed E-state index contributed by atoms with van der Waals surface area (Å²) in [5.41, 5.74) is -0.700. The summed E-state index contributed by atoms with van der Waals surface area (Å²) in [4.78, 5) is 39.0. The Kier molecular flexibility index (Phi) is 6.80. The van der Waals surface area contributed by atoms with Crippen molar-refractivity contribution >= 4 is 17.9 Å². The zero-order valence-electron chi connectivity index (χ0n) is 16.2. The number of hydrogen-bond acceptors (Lipinski definition) is 5. The number of halogens is 3. The summed E-state index contributed by atoms with van der Waals surface area (Å²) in [7, 11) is 0. The summed E-state index contributed by atoms with van der Waals surface area (Å²) in [6, 6.07) is 4.33. The fourth-order valence-electron chi connectivity index (χ4n) is 3.53. The van der Waals surface area contributed by atoms with Crippen molar-refractivity contribution in [3.05, 3.63) is 35.4 Å². The molecule has 0 saturated carbocycles. The van der Waals surface area contributed by atoms with Crippen LogP contribution in [-0.4, -0.2) is 73.1 Å². The molecule has 0 aliphatic carbocycles. The number of rotatable bonds is 7. The van der Waals surface area contributed by atoms with Crippen molar-refractivity contribution < 1.29 is 32.3 Å². The molecule has 3 amide bonds. The van der Waals surface area contributed by atoms with Crippen LogP contribution in [0.5, 0.6) is 0 Å². The van der Waals surface area contributed by atoms with Crippen molar-refractivity contribution in [2.24, 2.45) is 0 Å². The number of amides is 3. The van der Waals surface area contributed by atoms with Gasteiger partial charge in [0.2, 0.25) is 11.8 Å². The molecule has 0 spiro atoms. The van der Waals surface area contributed by atoms with Crippen LogP contribution in [0.25, 0.3) is 0 Å². The Morgan fingerprint density at radius 3 is 2.70 bits per heavy atom. The lowest BCUT2D eigenvalue weighted by Crippen LogP contribution is -2.56. The van der Waals surface area contributed by atoms with Crippen LogP contribution in [0.3, 0.4) is 0 Å². The quantitative estimate of drug-likeness (QED) is 0.675. The molecule has 11 heteroatoms. The minimum atomic E-state index is -4.50. The summed E-state index contributed by atoms with van der Waals surface area (Å²) in [6.45, 7) is 1.76. The van der Waals surface area contributed by atoms with Gasteiger partial charge in [-0.05, 0) is 11.6 Å². The van der Waals surface area contributed by atoms with E-state index in [-0.39, 0.29) is 31.6 Å². The molecule has 2 aliphatic heterocycles. The molecule has 0 aromatic heterocycles. The van der Waals surface area contributed by atoms with Crippen molar-refractivity contribution in [2.75, 3.05) is 39.3 Å². The molecule has 164 valence electrons. The van der Waals surface area contributed by atoms with Crippen LogP contribution in [0, 0.1) is 0 Å². The molecule has 1 atom stereocenters. The van der Waals surface area contributed by atoms with Crippen LogP contribution in [0.15, 0.2) is 24.3 Å². The molecule has 1 aromatic carbocycles. The third-order valence-corrected chi connectivity index (χ3v) is 5.07. The molecule has 8 nitrogen and oxygen atoms in total. The van der Waals surface area contributed by atoms with Gasteiger partial charge in [0, 0.05) is 32.7 Å². The van der Waals surface area contributed by atoms with Crippen molar-refractivity contribution in [1.82, 2.24) is 20.4 Å². The topological polar surface area (TPSA) is 91.0 Å². The average molecular weight is 428 g/mol. The van der Waals surface area contributed by atoms with E-state index in [1.165, 1.54) is 23.1 Å². The highest BCUT2D eigenvalue weighted by molar-refractivity contribution is 5.88. The lowest BCUT2D eigenvalue weighted by molar-refractivity contribution is -0.139. The molecule has 3 rings (SSSR count). The van der Waals surface area contributed by atoms with Crippen LogP contribution >= 0.6 is 0 Å². The lowest BCUT2D eigenvalue weighted by atomic mass is 10.0. The van der Waals surface area contributed by atoms with Gasteiger partial charge in [0.25, 0.3) is 0 Å². The number of alkyl halides is 3. The van der Waals surface area contributed by atoms with E-state index < -0.39 is 35.7 Å². The van der Waals surface area contributed by atoms with Gasteiger partial charge in [-0.1, -0.05) is 18.2 Å². The van der Waals surface area contributed by atoms with Crippen LogP contribution in [0.2, 0.25) is 0 Å². The Hall–Kier alpha value is -2.82. The maximum Gasteiger partial charge on any atom is 0.416 e. The van der Waals surface area contributed by atoms with Crippen LogP contribution in [0.4, 0.5) is 18.0 Å². The molecule has 2 saturated heterocycles. The van der Waals surface area contributed by atoms with Crippen molar-refractivity contribution in [2.45, 2.75) is 25.2 Å². The van der Waals surface area contributed by atoms with E-state index in [9.17, 15) is 27.6 Å². The summed E-state index contributed by atoms with van der Waals surface area (Å²) in [5, 5.41) is 5.30. The van der Waals surface area contributed by atoms with Gasteiger partial charge in [-0.15, -0.1) is 0 Å². The number of carbonyl (C=O) groups excluding carboxylic acids is 3. The summed E-state index contributed by atoms with van der Waals surface area (Å²) in [6.07, 6.45) is -5.13. The summed E-state index contributed by atoms with van der Waals surface area (Å²) < 4.78 is 44.6. The standard InChI is InChI=1S/C19H23F3N4O4/c20-19(21,22)14-4-2-1-3-13(14)12-26-8-6-24-17(28)15(26)11-16(27)23-5-7-25-9-10-30-18(25)29/h1-4,15H,5-12H2,(H,23,27)(H,24,28). The fourth-order valence-corrected chi connectivity index (χ4v) is 3.53.